The number of aromatic nitrogens is 4. The molecule has 1 atom stereocenters. The summed E-state index contributed by atoms with van der Waals surface area (Å²) in [4.78, 5) is 22.7. The molecule has 0 radical (unpaired) electrons. The maximum atomic E-state index is 12.4. The van der Waals surface area contributed by atoms with Gasteiger partial charge in [0.15, 0.2) is 0 Å². The minimum atomic E-state index is -0.0691. The highest BCUT2D eigenvalue weighted by Crippen LogP contribution is 2.26. The molecule has 0 saturated carbocycles. The Bertz CT molecular complexity index is 890. The van der Waals surface area contributed by atoms with E-state index in [0.29, 0.717) is 24.2 Å². The molecule has 0 aliphatic carbocycles. The summed E-state index contributed by atoms with van der Waals surface area (Å²) >= 11 is 1.33. The smallest absolute Gasteiger partial charge is 0.240 e. The Morgan fingerprint density at radius 2 is 2.30 bits per heavy atom. The lowest BCUT2D eigenvalue weighted by Gasteiger charge is -2.31. The molecule has 1 aromatic carbocycles. The maximum Gasteiger partial charge on any atom is 0.240 e. The van der Waals surface area contributed by atoms with Gasteiger partial charge < -0.3 is 9.72 Å². The van der Waals surface area contributed by atoms with Crippen LogP contribution in [-0.4, -0.2) is 57.7 Å². The number of carbonyl (C=O) groups excluding carboxylic acids is 1. The number of nitrogens with one attached hydrogen (secondary N) is 2. The molecule has 4 rings (SSSR count). The number of hydrogen-bond donors (Lipinski definition) is 2. The fraction of sp³-hybridized carbons (Fsp3) is 0.444. The fourth-order valence-electron chi connectivity index (χ4n) is 3.44. The van der Waals surface area contributed by atoms with Gasteiger partial charge >= 0.3 is 0 Å². The number of methoxy groups -OCH3 is 1. The molecule has 27 heavy (non-hydrogen) atoms. The van der Waals surface area contributed by atoms with Crippen LogP contribution in [0.3, 0.4) is 0 Å². The summed E-state index contributed by atoms with van der Waals surface area (Å²) in [6.45, 7) is 2.47. The molecular weight excluding hydrogens is 364 g/mol. The first-order valence-corrected chi connectivity index (χ1v) is 9.81. The molecule has 1 saturated heterocycles. The molecule has 2 N–H and O–H groups in total. The van der Waals surface area contributed by atoms with Gasteiger partial charge in [0.2, 0.25) is 11.0 Å². The average molecular weight is 386 g/mol. The zero-order chi connectivity index (χ0) is 18.6. The minimum absolute atomic E-state index is 0.0691. The Labute approximate surface area is 161 Å². The molecule has 1 fully saturated rings. The summed E-state index contributed by atoms with van der Waals surface area (Å²) in [5, 5.41) is 12.0. The van der Waals surface area contributed by atoms with E-state index in [-0.39, 0.29) is 5.91 Å². The van der Waals surface area contributed by atoms with E-state index >= 15 is 0 Å². The molecular formula is C18H22N6O2S. The van der Waals surface area contributed by atoms with Crippen molar-refractivity contribution >= 4 is 33.4 Å². The van der Waals surface area contributed by atoms with E-state index in [1.807, 2.05) is 24.3 Å². The van der Waals surface area contributed by atoms with E-state index in [4.69, 9.17) is 9.72 Å². The van der Waals surface area contributed by atoms with Gasteiger partial charge in [0, 0.05) is 19.6 Å². The summed E-state index contributed by atoms with van der Waals surface area (Å²) in [7, 11) is 1.61. The van der Waals surface area contributed by atoms with Crippen molar-refractivity contribution in [2.45, 2.75) is 25.4 Å². The zero-order valence-corrected chi connectivity index (χ0v) is 16.0. The second kappa shape index (κ2) is 8.12. The van der Waals surface area contributed by atoms with Crippen molar-refractivity contribution in [3.05, 3.63) is 35.1 Å². The number of anilines is 1. The largest absolute Gasteiger partial charge is 0.377 e. The van der Waals surface area contributed by atoms with Crippen LogP contribution in [0.5, 0.6) is 0 Å². The highest BCUT2D eigenvalue weighted by Gasteiger charge is 2.25. The topological polar surface area (TPSA) is 96.0 Å². The number of piperidine rings is 1. The number of benzene rings is 1. The zero-order valence-electron chi connectivity index (χ0n) is 15.1. The molecule has 0 bridgehead atoms. The average Bonchev–Trinajstić information content (AvgIpc) is 3.29. The van der Waals surface area contributed by atoms with Crippen molar-refractivity contribution in [2.24, 2.45) is 0 Å². The lowest BCUT2D eigenvalue weighted by Crippen LogP contribution is -2.40. The standard InChI is InChI=1S/C18H22N6O2S/c1-26-11-16-22-23-18(27-16)21-15(25)10-24-8-4-5-12(9-24)17-19-13-6-2-3-7-14(13)20-17/h2-3,6-7,12H,4-5,8-11H2,1H3,(H,19,20)(H,21,23,25). The van der Waals surface area contributed by atoms with Crippen molar-refractivity contribution in [3.63, 3.8) is 0 Å². The lowest BCUT2D eigenvalue weighted by atomic mass is 9.97. The number of fused-ring (bicyclic) bond motifs is 1. The van der Waals surface area contributed by atoms with E-state index in [2.05, 4.69) is 25.4 Å². The normalized spacial score (nSPS) is 18.0. The summed E-state index contributed by atoms with van der Waals surface area (Å²) in [5.41, 5.74) is 2.05. The third-order valence-corrected chi connectivity index (χ3v) is 5.46. The van der Waals surface area contributed by atoms with Gasteiger partial charge in [-0.1, -0.05) is 23.5 Å². The molecule has 1 aliphatic rings. The van der Waals surface area contributed by atoms with E-state index < -0.39 is 0 Å². The predicted molar refractivity (Wildman–Crippen MR) is 104 cm³/mol. The number of hydrogen-bond acceptors (Lipinski definition) is 7. The molecule has 3 aromatic rings. The van der Waals surface area contributed by atoms with Crippen LogP contribution in [-0.2, 0) is 16.1 Å². The fourth-order valence-corrected chi connectivity index (χ4v) is 4.16. The van der Waals surface area contributed by atoms with Crippen LogP contribution >= 0.6 is 11.3 Å². The van der Waals surface area contributed by atoms with E-state index in [0.717, 1.165) is 47.8 Å². The Kier molecular flexibility index (Phi) is 5.42. The van der Waals surface area contributed by atoms with Crippen LogP contribution in [0.25, 0.3) is 11.0 Å². The number of nitrogens with zero attached hydrogens (tertiary/aromatic N) is 4. The molecule has 9 heteroatoms. The van der Waals surface area contributed by atoms with E-state index in [9.17, 15) is 4.79 Å². The molecule has 0 spiro atoms. The minimum Gasteiger partial charge on any atom is -0.377 e. The number of H-pyrrole nitrogens is 1. The van der Waals surface area contributed by atoms with Crippen LogP contribution in [0, 0.1) is 0 Å². The number of para-hydroxylation sites is 2. The number of aromatic amines is 1. The first-order valence-electron chi connectivity index (χ1n) is 8.99. The van der Waals surface area contributed by atoms with Crippen LogP contribution in [0.4, 0.5) is 5.13 Å². The summed E-state index contributed by atoms with van der Waals surface area (Å²) in [6, 6.07) is 8.06. The highest BCUT2D eigenvalue weighted by molar-refractivity contribution is 7.15. The Hall–Kier alpha value is -2.36. The third kappa shape index (κ3) is 4.32. The molecule has 142 valence electrons. The number of rotatable bonds is 6. The van der Waals surface area contributed by atoms with Gasteiger partial charge in [0.25, 0.3) is 0 Å². The molecule has 2 aromatic heterocycles. The van der Waals surface area contributed by atoms with Gasteiger partial charge in [-0.3, -0.25) is 15.0 Å². The van der Waals surface area contributed by atoms with Crippen LogP contribution in [0.2, 0.25) is 0 Å². The number of amides is 1. The van der Waals surface area contributed by atoms with Crippen LogP contribution < -0.4 is 5.32 Å². The molecule has 1 amide bonds. The SMILES string of the molecule is COCc1nnc(NC(=O)CN2CCCC(c3nc4ccccc4[nH]3)C2)s1. The van der Waals surface area contributed by atoms with Crippen molar-refractivity contribution in [3.8, 4) is 0 Å². The monoisotopic (exact) mass is 386 g/mol. The third-order valence-electron chi connectivity index (χ3n) is 4.65. The Balaban J connectivity index is 1.35. The Morgan fingerprint density at radius 3 is 3.15 bits per heavy atom. The second-order valence-electron chi connectivity index (χ2n) is 6.70. The molecule has 3 heterocycles. The van der Waals surface area contributed by atoms with Gasteiger partial charge in [0.1, 0.15) is 17.4 Å². The second-order valence-corrected chi connectivity index (χ2v) is 7.76. The number of imidazole rings is 1. The molecule has 1 aliphatic heterocycles. The highest BCUT2D eigenvalue weighted by atomic mass is 32.1. The first kappa shape index (κ1) is 18.0. The number of likely N-dealkylation sites (tertiary alicyclic amines) is 1. The van der Waals surface area contributed by atoms with Crippen molar-refractivity contribution in [2.75, 3.05) is 32.1 Å². The predicted octanol–water partition coefficient (Wildman–Crippen LogP) is 2.38. The van der Waals surface area contributed by atoms with Crippen molar-refractivity contribution < 1.29 is 9.53 Å². The van der Waals surface area contributed by atoms with Gasteiger partial charge in [-0.15, -0.1) is 10.2 Å². The summed E-state index contributed by atoms with van der Waals surface area (Å²) in [6.07, 6.45) is 2.13. The van der Waals surface area contributed by atoms with Gasteiger partial charge in [-0.25, -0.2) is 4.98 Å². The molecule has 1 unspecified atom stereocenters. The van der Waals surface area contributed by atoms with Gasteiger partial charge in [-0.05, 0) is 31.5 Å². The Morgan fingerprint density at radius 1 is 1.41 bits per heavy atom. The van der Waals surface area contributed by atoms with E-state index in [1.165, 1.54) is 11.3 Å². The van der Waals surface area contributed by atoms with Crippen LogP contribution in [0.1, 0.15) is 29.6 Å². The number of carbonyl (C=O) groups is 1. The van der Waals surface area contributed by atoms with Crippen molar-refractivity contribution in [1.29, 1.82) is 0 Å². The van der Waals surface area contributed by atoms with E-state index in [1.54, 1.807) is 7.11 Å². The van der Waals surface area contributed by atoms with Crippen molar-refractivity contribution in [1.82, 2.24) is 25.1 Å². The van der Waals surface area contributed by atoms with Gasteiger partial charge in [-0.2, -0.15) is 0 Å². The van der Waals surface area contributed by atoms with Crippen LogP contribution in [0.15, 0.2) is 24.3 Å². The number of ether oxygens (including phenoxy) is 1. The quantitative estimate of drug-likeness (QED) is 0.675. The van der Waals surface area contributed by atoms with Gasteiger partial charge in [0.05, 0.1) is 17.6 Å². The maximum absolute atomic E-state index is 12.4. The molecule has 8 nitrogen and oxygen atoms in total. The lowest BCUT2D eigenvalue weighted by molar-refractivity contribution is -0.117. The summed E-state index contributed by atoms with van der Waals surface area (Å²) < 4.78 is 5.02. The first-order chi connectivity index (χ1) is 13.2. The summed E-state index contributed by atoms with van der Waals surface area (Å²) in [5.74, 6) is 1.25.